The fourth-order valence-electron chi connectivity index (χ4n) is 1.23. The fourth-order valence-corrected chi connectivity index (χ4v) is 1.23. The van der Waals surface area contributed by atoms with Crippen LogP contribution in [0.5, 0.6) is 5.75 Å². The van der Waals surface area contributed by atoms with Gasteiger partial charge >= 0.3 is 0 Å². The highest BCUT2D eigenvalue weighted by molar-refractivity contribution is 5.48. The number of rotatable bonds is 3. The standard InChI is InChI=1S/C12H14O/c1-3-10-4-6-11(7-5-10)13-12(2)8-9-12/h3-7H,1,8-9H2,2H3. The van der Waals surface area contributed by atoms with Crippen molar-refractivity contribution in [2.24, 2.45) is 0 Å². The maximum atomic E-state index is 5.78. The molecule has 0 unspecified atom stereocenters. The summed E-state index contributed by atoms with van der Waals surface area (Å²) in [6.45, 7) is 5.85. The SMILES string of the molecule is C=Cc1ccc(OC2(C)CC2)cc1. The summed E-state index contributed by atoms with van der Waals surface area (Å²) in [6, 6.07) is 8.04. The van der Waals surface area contributed by atoms with Crippen LogP contribution in [0.2, 0.25) is 0 Å². The maximum Gasteiger partial charge on any atom is 0.120 e. The van der Waals surface area contributed by atoms with E-state index in [1.165, 1.54) is 12.8 Å². The van der Waals surface area contributed by atoms with Crippen LogP contribution in [0.15, 0.2) is 30.8 Å². The third-order valence-corrected chi connectivity index (χ3v) is 2.43. The average molecular weight is 174 g/mol. The van der Waals surface area contributed by atoms with E-state index in [2.05, 4.69) is 13.5 Å². The van der Waals surface area contributed by atoms with E-state index in [1.54, 1.807) is 0 Å². The van der Waals surface area contributed by atoms with Crippen molar-refractivity contribution in [2.45, 2.75) is 25.4 Å². The Morgan fingerprint density at radius 3 is 2.38 bits per heavy atom. The van der Waals surface area contributed by atoms with Gasteiger partial charge in [-0.1, -0.05) is 24.8 Å². The molecule has 0 saturated heterocycles. The zero-order valence-electron chi connectivity index (χ0n) is 7.92. The summed E-state index contributed by atoms with van der Waals surface area (Å²) in [6.07, 6.45) is 4.19. The van der Waals surface area contributed by atoms with Crippen molar-refractivity contribution < 1.29 is 4.74 Å². The first-order valence-corrected chi connectivity index (χ1v) is 4.63. The molecule has 0 amide bonds. The smallest absolute Gasteiger partial charge is 0.120 e. The highest BCUT2D eigenvalue weighted by Gasteiger charge is 2.39. The van der Waals surface area contributed by atoms with Crippen molar-refractivity contribution in [1.29, 1.82) is 0 Å². The van der Waals surface area contributed by atoms with Gasteiger partial charge in [0.25, 0.3) is 0 Å². The first-order chi connectivity index (χ1) is 6.22. The number of hydrogen-bond donors (Lipinski definition) is 0. The quantitative estimate of drug-likeness (QED) is 0.683. The van der Waals surface area contributed by atoms with Crippen LogP contribution in [0.1, 0.15) is 25.3 Å². The number of hydrogen-bond acceptors (Lipinski definition) is 1. The van der Waals surface area contributed by atoms with Crippen molar-refractivity contribution in [1.82, 2.24) is 0 Å². The normalized spacial score (nSPS) is 17.9. The van der Waals surface area contributed by atoms with Gasteiger partial charge < -0.3 is 4.74 Å². The van der Waals surface area contributed by atoms with Crippen molar-refractivity contribution >= 4 is 6.08 Å². The molecule has 1 fully saturated rings. The van der Waals surface area contributed by atoms with E-state index in [0.29, 0.717) is 0 Å². The predicted octanol–water partition coefficient (Wildman–Crippen LogP) is 3.26. The molecule has 0 radical (unpaired) electrons. The molecule has 1 aromatic carbocycles. The molecule has 1 nitrogen and oxygen atoms in total. The fraction of sp³-hybridized carbons (Fsp3) is 0.333. The molecule has 0 N–H and O–H groups in total. The molecule has 0 bridgehead atoms. The Morgan fingerprint density at radius 1 is 1.31 bits per heavy atom. The van der Waals surface area contributed by atoms with Crippen LogP contribution in [0.3, 0.4) is 0 Å². The summed E-state index contributed by atoms with van der Waals surface area (Å²) in [4.78, 5) is 0. The minimum Gasteiger partial charge on any atom is -0.488 e. The van der Waals surface area contributed by atoms with Crippen molar-refractivity contribution in [3.63, 3.8) is 0 Å². The van der Waals surface area contributed by atoms with Gasteiger partial charge in [-0.25, -0.2) is 0 Å². The van der Waals surface area contributed by atoms with E-state index in [9.17, 15) is 0 Å². The monoisotopic (exact) mass is 174 g/mol. The summed E-state index contributed by atoms with van der Waals surface area (Å²) in [5.74, 6) is 0.964. The van der Waals surface area contributed by atoms with Gasteiger partial charge in [0.15, 0.2) is 0 Å². The van der Waals surface area contributed by atoms with Crippen LogP contribution < -0.4 is 4.74 Å². The Labute approximate surface area is 79.0 Å². The third kappa shape index (κ3) is 1.92. The van der Waals surface area contributed by atoms with Gasteiger partial charge in [-0.05, 0) is 37.5 Å². The van der Waals surface area contributed by atoms with Crippen LogP contribution >= 0.6 is 0 Å². The number of ether oxygens (including phenoxy) is 1. The van der Waals surface area contributed by atoms with E-state index in [1.807, 2.05) is 30.3 Å². The molecule has 1 aromatic rings. The molecule has 1 saturated carbocycles. The Bertz CT molecular complexity index is 306. The van der Waals surface area contributed by atoms with Crippen LogP contribution in [-0.4, -0.2) is 5.60 Å². The lowest BCUT2D eigenvalue weighted by Gasteiger charge is -2.12. The highest BCUT2D eigenvalue weighted by atomic mass is 16.5. The molecular weight excluding hydrogens is 160 g/mol. The first kappa shape index (κ1) is 8.36. The molecule has 2 rings (SSSR count). The molecule has 0 heterocycles. The molecule has 1 heteroatoms. The largest absolute Gasteiger partial charge is 0.488 e. The molecule has 1 aliphatic carbocycles. The Hall–Kier alpha value is -1.24. The molecule has 0 atom stereocenters. The Kier molecular flexibility index (Phi) is 1.87. The summed E-state index contributed by atoms with van der Waals surface area (Å²) in [5.41, 5.74) is 1.25. The molecule has 0 aliphatic heterocycles. The van der Waals surface area contributed by atoms with Gasteiger partial charge in [-0.2, -0.15) is 0 Å². The zero-order chi connectivity index (χ0) is 9.31. The first-order valence-electron chi connectivity index (χ1n) is 4.63. The van der Waals surface area contributed by atoms with Gasteiger partial charge in [-0.3, -0.25) is 0 Å². The topological polar surface area (TPSA) is 9.23 Å². The molecule has 68 valence electrons. The van der Waals surface area contributed by atoms with Crippen LogP contribution in [0.25, 0.3) is 6.08 Å². The maximum absolute atomic E-state index is 5.78. The van der Waals surface area contributed by atoms with Crippen LogP contribution in [-0.2, 0) is 0 Å². The van der Waals surface area contributed by atoms with Gasteiger partial charge in [-0.15, -0.1) is 0 Å². The van der Waals surface area contributed by atoms with Crippen LogP contribution in [0, 0.1) is 0 Å². The Morgan fingerprint density at radius 2 is 1.92 bits per heavy atom. The Balaban J connectivity index is 2.09. The second kappa shape index (κ2) is 2.91. The van der Waals surface area contributed by atoms with Gasteiger partial charge in [0.2, 0.25) is 0 Å². The lowest BCUT2D eigenvalue weighted by atomic mass is 10.2. The molecule has 1 aliphatic rings. The number of benzene rings is 1. The van der Waals surface area contributed by atoms with E-state index in [0.717, 1.165) is 11.3 Å². The summed E-state index contributed by atoms with van der Waals surface area (Å²) in [5, 5.41) is 0. The second-order valence-electron chi connectivity index (χ2n) is 3.83. The van der Waals surface area contributed by atoms with E-state index < -0.39 is 0 Å². The predicted molar refractivity (Wildman–Crippen MR) is 54.8 cm³/mol. The lowest BCUT2D eigenvalue weighted by molar-refractivity contribution is 0.200. The van der Waals surface area contributed by atoms with Crippen molar-refractivity contribution in [3.05, 3.63) is 36.4 Å². The zero-order valence-corrected chi connectivity index (χ0v) is 7.92. The average Bonchev–Trinajstić information content (AvgIpc) is 2.85. The van der Waals surface area contributed by atoms with Gasteiger partial charge in [0.1, 0.15) is 11.4 Å². The summed E-state index contributed by atoms with van der Waals surface area (Å²) >= 11 is 0. The van der Waals surface area contributed by atoms with Gasteiger partial charge in [0, 0.05) is 0 Å². The van der Waals surface area contributed by atoms with Crippen LogP contribution in [0.4, 0.5) is 0 Å². The molecule has 0 spiro atoms. The second-order valence-corrected chi connectivity index (χ2v) is 3.83. The minimum absolute atomic E-state index is 0.121. The molecule has 0 aromatic heterocycles. The van der Waals surface area contributed by atoms with E-state index >= 15 is 0 Å². The third-order valence-electron chi connectivity index (χ3n) is 2.43. The van der Waals surface area contributed by atoms with Crippen molar-refractivity contribution in [2.75, 3.05) is 0 Å². The summed E-state index contributed by atoms with van der Waals surface area (Å²) < 4.78 is 5.78. The van der Waals surface area contributed by atoms with Crippen molar-refractivity contribution in [3.8, 4) is 5.75 Å². The lowest BCUT2D eigenvalue weighted by Crippen LogP contribution is -2.11. The summed E-state index contributed by atoms with van der Waals surface area (Å²) in [7, 11) is 0. The van der Waals surface area contributed by atoms with E-state index in [4.69, 9.17) is 4.74 Å². The minimum atomic E-state index is 0.121. The molecule has 13 heavy (non-hydrogen) atoms. The molecular formula is C12H14O. The van der Waals surface area contributed by atoms with Gasteiger partial charge in [0.05, 0.1) is 0 Å². The highest BCUT2D eigenvalue weighted by Crippen LogP contribution is 2.39. The van der Waals surface area contributed by atoms with E-state index in [-0.39, 0.29) is 5.60 Å².